The third-order valence-electron chi connectivity index (χ3n) is 5.26. The first kappa shape index (κ1) is 18.0. The molecule has 0 spiro atoms. The van der Waals surface area contributed by atoms with Gasteiger partial charge in [0, 0.05) is 45.7 Å². The third kappa shape index (κ3) is 3.40. The van der Waals surface area contributed by atoms with Gasteiger partial charge in [0.2, 0.25) is 5.95 Å². The van der Waals surface area contributed by atoms with Crippen molar-refractivity contribution in [1.29, 1.82) is 0 Å². The zero-order chi connectivity index (χ0) is 19.8. The molecule has 0 bridgehead atoms. The maximum Gasteiger partial charge on any atom is 0.219 e. The van der Waals surface area contributed by atoms with Crippen LogP contribution in [-0.4, -0.2) is 77.5 Å². The molecular weight excluding hydrogens is 372 g/mol. The van der Waals surface area contributed by atoms with Gasteiger partial charge in [0.25, 0.3) is 0 Å². The van der Waals surface area contributed by atoms with Gasteiger partial charge in [-0.15, -0.1) is 0 Å². The van der Waals surface area contributed by atoms with Crippen molar-refractivity contribution in [1.82, 2.24) is 24.9 Å². The van der Waals surface area contributed by atoms with E-state index >= 15 is 0 Å². The zero-order valence-electron chi connectivity index (χ0n) is 16.2. The van der Waals surface area contributed by atoms with E-state index in [1.165, 1.54) is 0 Å². The lowest BCUT2D eigenvalue weighted by Gasteiger charge is -2.39. The quantitative estimate of drug-likeness (QED) is 0.679. The molecule has 0 aliphatic carbocycles. The molecule has 2 saturated heterocycles. The van der Waals surface area contributed by atoms with E-state index in [4.69, 9.17) is 30.2 Å². The van der Waals surface area contributed by atoms with Crippen molar-refractivity contribution in [3.05, 3.63) is 24.5 Å². The number of ether oxygens (including phenoxy) is 2. The van der Waals surface area contributed by atoms with Gasteiger partial charge in [0.15, 0.2) is 11.6 Å². The summed E-state index contributed by atoms with van der Waals surface area (Å²) in [4.78, 5) is 27.0. The average molecular weight is 394 g/mol. The van der Waals surface area contributed by atoms with Gasteiger partial charge in [-0.05, 0) is 12.1 Å². The highest BCUT2D eigenvalue weighted by Gasteiger charge is 2.28. The lowest BCUT2D eigenvalue weighted by Crippen LogP contribution is -2.52. The second-order valence-corrected chi connectivity index (χ2v) is 7.10. The van der Waals surface area contributed by atoms with E-state index in [1.807, 2.05) is 12.1 Å². The van der Waals surface area contributed by atoms with Gasteiger partial charge >= 0.3 is 0 Å². The van der Waals surface area contributed by atoms with Crippen LogP contribution in [-0.2, 0) is 9.47 Å². The Kier molecular flexibility index (Phi) is 4.57. The summed E-state index contributed by atoms with van der Waals surface area (Å²) in [6.45, 7) is 4.50. The number of hydrogen-bond acceptors (Lipinski definition) is 10. The number of nitrogen functional groups attached to an aromatic ring is 1. The van der Waals surface area contributed by atoms with E-state index in [9.17, 15) is 0 Å². The molecule has 2 aliphatic rings. The number of anilines is 3. The molecule has 0 amide bonds. The minimum Gasteiger partial charge on any atom is -0.378 e. The van der Waals surface area contributed by atoms with Gasteiger partial charge < -0.3 is 25.0 Å². The Morgan fingerprint density at radius 1 is 1.03 bits per heavy atom. The zero-order valence-corrected chi connectivity index (χ0v) is 16.2. The van der Waals surface area contributed by atoms with Crippen LogP contribution >= 0.6 is 0 Å². The van der Waals surface area contributed by atoms with Gasteiger partial charge in [-0.3, -0.25) is 0 Å². The fraction of sp³-hybridized carbons (Fsp3) is 0.421. The van der Waals surface area contributed by atoms with Gasteiger partial charge in [0.1, 0.15) is 11.3 Å². The minimum absolute atomic E-state index is 0.221. The minimum atomic E-state index is 0.221. The Morgan fingerprint density at radius 3 is 2.52 bits per heavy atom. The number of fused-ring (bicyclic) bond motifs is 1. The van der Waals surface area contributed by atoms with Crippen molar-refractivity contribution in [2.75, 3.05) is 62.0 Å². The highest BCUT2D eigenvalue weighted by Crippen LogP contribution is 2.30. The number of nitrogens with zero attached hydrogens (tertiary/aromatic N) is 7. The number of morpholine rings is 1. The number of rotatable bonds is 4. The summed E-state index contributed by atoms with van der Waals surface area (Å²) < 4.78 is 10.9. The number of aromatic nitrogens is 5. The molecule has 2 aliphatic heterocycles. The Bertz CT molecular complexity index is 1020. The predicted octanol–water partition coefficient (Wildman–Crippen LogP) is 0.736. The Hall–Kier alpha value is -3.11. The summed E-state index contributed by atoms with van der Waals surface area (Å²) in [5.74, 6) is 2.48. The van der Waals surface area contributed by atoms with Crippen molar-refractivity contribution in [3.8, 4) is 11.4 Å². The second kappa shape index (κ2) is 7.37. The lowest BCUT2D eigenvalue weighted by molar-refractivity contribution is 0.0783. The van der Waals surface area contributed by atoms with Crippen molar-refractivity contribution >= 4 is 28.6 Å². The highest BCUT2D eigenvalue weighted by molar-refractivity contribution is 5.89. The van der Waals surface area contributed by atoms with E-state index in [1.54, 1.807) is 19.5 Å². The molecule has 10 heteroatoms. The number of nitrogens with two attached hydrogens (primary N) is 1. The lowest BCUT2D eigenvalue weighted by atomic mass is 10.1. The molecule has 150 valence electrons. The molecule has 0 aromatic carbocycles. The highest BCUT2D eigenvalue weighted by atomic mass is 16.5. The van der Waals surface area contributed by atoms with Crippen molar-refractivity contribution in [2.24, 2.45) is 0 Å². The molecular formula is C19H22N8O2. The number of pyridine rings is 1. The maximum absolute atomic E-state index is 5.62. The van der Waals surface area contributed by atoms with Crippen molar-refractivity contribution in [3.63, 3.8) is 0 Å². The molecule has 10 nitrogen and oxygen atoms in total. The molecule has 0 saturated carbocycles. The number of hydrogen-bond donors (Lipinski definition) is 1. The normalized spacial score (nSPS) is 17.6. The van der Waals surface area contributed by atoms with Crippen LogP contribution in [0.15, 0.2) is 24.5 Å². The topological polar surface area (TPSA) is 115 Å². The van der Waals surface area contributed by atoms with Crippen molar-refractivity contribution < 1.29 is 9.47 Å². The van der Waals surface area contributed by atoms with Crippen LogP contribution in [0.3, 0.4) is 0 Å². The van der Waals surface area contributed by atoms with Crippen LogP contribution in [0.2, 0.25) is 0 Å². The number of methoxy groups -OCH3 is 1. The summed E-state index contributed by atoms with van der Waals surface area (Å²) in [7, 11) is 1.74. The van der Waals surface area contributed by atoms with E-state index in [2.05, 4.69) is 19.8 Å². The van der Waals surface area contributed by atoms with Gasteiger partial charge in [-0.25, -0.2) is 24.9 Å². The largest absolute Gasteiger partial charge is 0.378 e. The van der Waals surface area contributed by atoms with Crippen LogP contribution in [0.4, 0.5) is 17.6 Å². The molecule has 5 heterocycles. The molecule has 2 N–H and O–H groups in total. The van der Waals surface area contributed by atoms with Crippen LogP contribution in [0, 0.1) is 0 Å². The molecule has 29 heavy (non-hydrogen) atoms. The predicted molar refractivity (Wildman–Crippen MR) is 109 cm³/mol. The summed E-state index contributed by atoms with van der Waals surface area (Å²) in [6, 6.07) is 3.98. The monoisotopic (exact) mass is 394 g/mol. The first-order valence-corrected chi connectivity index (χ1v) is 9.58. The summed E-state index contributed by atoms with van der Waals surface area (Å²) in [5, 5.41) is 0. The maximum atomic E-state index is 5.62. The fourth-order valence-corrected chi connectivity index (χ4v) is 3.52. The summed E-state index contributed by atoms with van der Waals surface area (Å²) >= 11 is 0. The standard InChI is InChI=1S/C19H22N8O2/c1-28-13-10-27(11-13)15-3-2-14-16(24-15)18(26-4-6-29-7-5-26)25-17(23-14)12-8-21-19(20)22-9-12/h2-3,8-9,13H,4-7,10-11H2,1H3,(H2,20,21,22). The van der Waals surface area contributed by atoms with Gasteiger partial charge in [-0.2, -0.15) is 0 Å². The van der Waals surface area contributed by atoms with E-state index in [0.29, 0.717) is 24.6 Å². The first-order chi connectivity index (χ1) is 14.2. The SMILES string of the molecule is COC1CN(c2ccc3nc(-c4cnc(N)nc4)nc(N4CCOCC4)c3n2)C1. The molecule has 3 aromatic rings. The second-order valence-electron chi connectivity index (χ2n) is 7.10. The summed E-state index contributed by atoms with van der Waals surface area (Å²) in [6.07, 6.45) is 3.54. The van der Waals surface area contributed by atoms with E-state index in [0.717, 1.165) is 48.8 Å². The van der Waals surface area contributed by atoms with Crippen LogP contribution < -0.4 is 15.5 Å². The van der Waals surface area contributed by atoms with E-state index in [-0.39, 0.29) is 12.1 Å². The van der Waals surface area contributed by atoms with Gasteiger partial charge in [0.05, 0.1) is 30.4 Å². The molecule has 0 atom stereocenters. The fourth-order valence-electron chi connectivity index (χ4n) is 3.52. The Balaban J connectivity index is 1.59. The van der Waals surface area contributed by atoms with Crippen molar-refractivity contribution in [2.45, 2.75) is 6.10 Å². The van der Waals surface area contributed by atoms with Crippen LogP contribution in [0.1, 0.15) is 0 Å². The smallest absolute Gasteiger partial charge is 0.219 e. The van der Waals surface area contributed by atoms with Crippen LogP contribution in [0.5, 0.6) is 0 Å². The molecule has 2 fully saturated rings. The molecule has 0 unspecified atom stereocenters. The van der Waals surface area contributed by atoms with E-state index < -0.39 is 0 Å². The molecule has 0 radical (unpaired) electrons. The third-order valence-corrected chi connectivity index (χ3v) is 5.26. The van der Waals surface area contributed by atoms with Crippen LogP contribution in [0.25, 0.3) is 22.4 Å². The first-order valence-electron chi connectivity index (χ1n) is 9.58. The molecule has 3 aromatic heterocycles. The summed E-state index contributed by atoms with van der Waals surface area (Å²) in [5.41, 5.74) is 7.89. The molecule has 5 rings (SSSR count). The van der Waals surface area contributed by atoms with Gasteiger partial charge in [-0.1, -0.05) is 0 Å². The Morgan fingerprint density at radius 2 is 1.79 bits per heavy atom. The average Bonchev–Trinajstić information content (AvgIpc) is 2.73. The Labute approximate surface area is 167 Å².